The first-order valence-electron chi connectivity index (χ1n) is 9.67. The van der Waals surface area contributed by atoms with Crippen LogP contribution < -0.4 is 5.56 Å². The van der Waals surface area contributed by atoms with Crippen molar-refractivity contribution in [1.82, 2.24) is 9.88 Å². The normalized spacial score (nSPS) is 12.4. The molecular weight excluding hydrogens is 393 g/mol. The standard InChI is InChI=1S/C23H23F3N2O2/c1-12(2)11-28(23(30)15-6-5-13(3)19(24)7-15)14(4)18-10-27-22(29)17-9-21(26)20(25)8-16(17)18/h5-10,12,14H,11H2,1-4H3,(H,27,29). The summed E-state index contributed by atoms with van der Waals surface area (Å²) in [5.41, 5.74) is 0.531. The van der Waals surface area contributed by atoms with Crippen LogP contribution in [0.5, 0.6) is 0 Å². The summed E-state index contributed by atoms with van der Waals surface area (Å²) < 4.78 is 41.7. The van der Waals surface area contributed by atoms with Crippen LogP contribution in [0.25, 0.3) is 10.8 Å². The molecule has 1 N–H and O–H groups in total. The highest BCUT2D eigenvalue weighted by molar-refractivity contribution is 5.95. The van der Waals surface area contributed by atoms with Gasteiger partial charge < -0.3 is 9.88 Å². The Labute approximate surface area is 172 Å². The molecule has 0 saturated carbocycles. The Balaban J connectivity index is 2.12. The minimum absolute atomic E-state index is 0.00317. The van der Waals surface area contributed by atoms with Crippen molar-refractivity contribution in [3.8, 4) is 0 Å². The van der Waals surface area contributed by atoms with Crippen LogP contribution >= 0.6 is 0 Å². The first-order chi connectivity index (χ1) is 14.1. The van der Waals surface area contributed by atoms with Crippen molar-refractivity contribution in [1.29, 1.82) is 0 Å². The van der Waals surface area contributed by atoms with Crippen LogP contribution in [0.3, 0.4) is 0 Å². The smallest absolute Gasteiger partial charge is 0.255 e. The van der Waals surface area contributed by atoms with Gasteiger partial charge in [0.15, 0.2) is 11.6 Å². The molecule has 0 aliphatic heterocycles. The van der Waals surface area contributed by atoms with Gasteiger partial charge in [0.25, 0.3) is 11.5 Å². The highest BCUT2D eigenvalue weighted by Gasteiger charge is 2.26. The van der Waals surface area contributed by atoms with Crippen molar-refractivity contribution >= 4 is 16.7 Å². The molecule has 1 atom stereocenters. The molecule has 1 heterocycles. The van der Waals surface area contributed by atoms with E-state index in [0.717, 1.165) is 12.1 Å². The number of hydrogen-bond acceptors (Lipinski definition) is 2. The molecule has 158 valence electrons. The predicted molar refractivity (Wildman–Crippen MR) is 110 cm³/mol. The van der Waals surface area contributed by atoms with Crippen molar-refractivity contribution in [3.63, 3.8) is 0 Å². The Kier molecular flexibility index (Phi) is 6.01. The van der Waals surface area contributed by atoms with Gasteiger partial charge in [0.1, 0.15) is 5.82 Å². The number of nitrogens with zero attached hydrogens (tertiary/aromatic N) is 1. The maximum Gasteiger partial charge on any atom is 0.255 e. The largest absolute Gasteiger partial charge is 0.332 e. The Bertz CT molecular complexity index is 1170. The Morgan fingerprint density at radius 3 is 2.23 bits per heavy atom. The van der Waals surface area contributed by atoms with Gasteiger partial charge >= 0.3 is 0 Å². The number of fused-ring (bicyclic) bond motifs is 1. The van der Waals surface area contributed by atoms with Gasteiger partial charge in [-0.2, -0.15) is 0 Å². The lowest BCUT2D eigenvalue weighted by Gasteiger charge is -2.32. The molecule has 3 aromatic rings. The number of nitrogens with one attached hydrogen (secondary N) is 1. The summed E-state index contributed by atoms with van der Waals surface area (Å²) in [6.07, 6.45) is 1.41. The number of amides is 1. The second-order valence-electron chi connectivity index (χ2n) is 7.88. The number of pyridine rings is 1. The lowest BCUT2D eigenvalue weighted by Crippen LogP contribution is -2.37. The topological polar surface area (TPSA) is 53.2 Å². The van der Waals surface area contributed by atoms with E-state index < -0.39 is 35.0 Å². The minimum atomic E-state index is -1.12. The third-order valence-corrected chi connectivity index (χ3v) is 5.13. The van der Waals surface area contributed by atoms with Crippen LogP contribution in [0, 0.1) is 30.3 Å². The molecule has 4 nitrogen and oxygen atoms in total. The number of carbonyl (C=O) groups is 1. The zero-order chi connectivity index (χ0) is 22.2. The number of aromatic nitrogens is 1. The lowest BCUT2D eigenvalue weighted by atomic mass is 9.99. The molecule has 1 aromatic heterocycles. The van der Waals surface area contributed by atoms with E-state index in [-0.39, 0.29) is 22.3 Å². The fourth-order valence-corrected chi connectivity index (χ4v) is 3.49. The van der Waals surface area contributed by atoms with Crippen molar-refractivity contribution in [2.75, 3.05) is 6.54 Å². The predicted octanol–water partition coefficient (Wildman–Crippen LogP) is 5.11. The van der Waals surface area contributed by atoms with Gasteiger partial charge in [-0.3, -0.25) is 9.59 Å². The molecular formula is C23H23F3N2O2. The number of aromatic amines is 1. The Morgan fingerprint density at radius 1 is 1.00 bits per heavy atom. The van der Waals surface area contributed by atoms with Gasteiger partial charge in [0.2, 0.25) is 0 Å². The Morgan fingerprint density at radius 2 is 1.63 bits per heavy atom. The molecule has 7 heteroatoms. The van der Waals surface area contributed by atoms with E-state index in [1.165, 1.54) is 18.3 Å². The van der Waals surface area contributed by atoms with E-state index in [4.69, 9.17) is 0 Å². The first-order valence-corrected chi connectivity index (χ1v) is 9.67. The molecule has 1 unspecified atom stereocenters. The fourth-order valence-electron chi connectivity index (χ4n) is 3.49. The molecule has 0 spiro atoms. The SMILES string of the molecule is Cc1ccc(C(=O)N(CC(C)C)C(C)c2c[nH]c(=O)c3cc(F)c(F)cc23)cc1F. The molecule has 0 saturated heterocycles. The highest BCUT2D eigenvalue weighted by Crippen LogP contribution is 2.29. The molecule has 2 aromatic carbocycles. The van der Waals surface area contributed by atoms with Crippen LogP contribution in [-0.2, 0) is 0 Å². The maximum absolute atomic E-state index is 14.0. The third-order valence-electron chi connectivity index (χ3n) is 5.13. The van der Waals surface area contributed by atoms with Gasteiger partial charge in [-0.15, -0.1) is 0 Å². The molecule has 30 heavy (non-hydrogen) atoms. The number of benzene rings is 2. The van der Waals surface area contributed by atoms with Crippen molar-refractivity contribution in [2.24, 2.45) is 5.92 Å². The van der Waals surface area contributed by atoms with E-state index in [9.17, 15) is 22.8 Å². The number of halogens is 3. The average molecular weight is 416 g/mol. The van der Waals surface area contributed by atoms with E-state index in [1.54, 1.807) is 24.8 Å². The molecule has 0 bridgehead atoms. The van der Waals surface area contributed by atoms with Gasteiger partial charge in [-0.05, 0) is 60.5 Å². The summed E-state index contributed by atoms with van der Waals surface area (Å²) >= 11 is 0. The number of rotatable bonds is 5. The second kappa shape index (κ2) is 8.34. The van der Waals surface area contributed by atoms with Crippen LogP contribution in [0.4, 0.5) is 13.2 Å². The maximum atomic E-state index is 14.0. The number of carbonyl (C=O) groups excluding carboxylic acids is 1. The van der Waals surface area contributed by atoms with Gasteiger partial charge in [0, 0.05) is 18.3 Å². The monoisotopic (exact) mass is 416 g/mol. The van der Waals surface area contributed by atoms with Crippen molar-refractivity contribution in [3.05, 3.63) is 81.0 Å². The summed E-state index contributed by atoms with van der Waals surface area (Å²) in [7, 11) is 0. The molecule has 0 fully saturated rings. The van der Waals surface area contributed by atoms with Crippen LogP contribution in [0.15, 0.2) is 41.3 Å². The fraction of sp³-hybridized carbons (Fsp3) is 0.304. The average Bonchev–Trinajstić information content (AvgIpc) is 2.69. The second-order valence-corrected chi connectivity index (χ2v) is 7.88. The quantitative estimate of drug-likeness (QED) is 0.628. The first kappa shape index (κ1) is 21.6. The van der Waals surface area contributed by atoms with Crippen molar-refractivity contribution < 1.29 is 18.0 Å². The summed E-state index contributed by atoms with van der Waals surface area (Å²) in [6.45, 7) is 7.56. The molecule has 0 aliphatic carbocycles. The van der Waals surface area contributed by atoms with Crippen LogP contribution in [0.2, 0.25) is 0 Å². The lowest BCUT2D eigenvalue weighted by molar-refractivity contribution is 0.0666. The number of H-pyrrole nitrogens is 1. The molecule has 1 amide bonds. The van der Waals surface area contributed by atoms with Gasteiger partial charge in [0.05, 0.1) is 11.4 Å². The van der Waals surface area contributed by atoms with Gasteiger partial charge in [-0.1, -0.05) is 19.9 Å². The van der Waals surface area contributed by atoms with E-state index in [2.05, 4.69) is 4.98 Å². The Hall–Kier alpha value is -3.09. The zero-order valence-corrected chi connectivity index (χ0v) is 17.2. The molecule has 0 radical (unpaired) electrons. The van der Waals surface area contributed by atoms with Crippen LogP contribution in [0.1, 0.15) is 48.3 Å². The van der Waals surface area contributed by atoms with Gasteiger partial charge in [-0.25, -0.2) is 13.2 Å². The number of hydrogen-bond donors (Lipinski definition) is 1. The minimum Gasteiger partial charge on any atom is -0.332 e. The summed E-state index contributed by atoms with van der Waals surface area (Å²) in [4.78, 5) is 29.4. The summed E-state index contributed by atoms with van der Waals surface area (Å²) in [5, 5.41) is 0.221. The summed E-state index contributed by atoms with van der Waals surface area (Å²) in [6, 6.07) is 5.51. The van der Waals surface area contributed by atoms with Crippen molar-refractivity contribution in [2.45, 2.75) is 33.7 Å². The molecule has 0 aliphatic rings. The summed E-state index contributed by atoms with van der Waals surface area (Å²) in [5.74, 6) is -2.98. The highest BCUT2D eigenvalue weighted by atomic mass is 19.2. The molecule has 3 rings (SSSR count). The van der Waals surface area contributed by atoms with E-state index in [1.807, 2.05) is 13.8 Å². The van der Waals surface area contributed by atoms with E-state index >= 15 is 0 Å². The zero-order valence-electron chi connectivity index (χ0n) is 17.2. The van der Waals surface area contributed by atoms with Crippen LogP contribution in [-0.4, -0.2) is 22.3 Å². The van der Waals surface area contributed by atoms with E-state index in [0.29, 0.717) is 17.7 Å². The third kappa shape index (κ3) is 4.10. The number of aryl methyl sites for hydroxylation is 1.